The van der Waals surface area contributed by atoms with E-state index < -0.39 is 35.2 Å². The highest BCUT2D eigenvalue weighted by Gasteiger charge is 2.38. The third kappa shape index (κ3) is 4.40. The molecule has 0 atom stereocenters. The van der Waals surface area contributed by atoms with E-state index in [0.29, 0.717) is 11.6 Å². The summed E-state index contributed by atoms with van der Waals surface area (Å²) in [4.78, 5) is 10.9. The molecule has 3 nitrogen and oxygen atoms in total. The molecule has 2 rings (SSSR count). The van der Waals surface area contributed by atoms with Gasteiger partial charge in [0.05, 0.1) is 5.69 Å². The summed E-state index contributed by atoms with van der Waals surface area (Å²) in [5.41, 5.74) is -0.196. The van der Waals surface area contributed by atoms with E-state index >= 15 is 0 Å². The van der Waals surface area contributed by atoms with E-state index in [4.69, 9.17) is 0 Å². The first-order valence-electron chi connectivity index (χ1n) is 6.52. The lowest BCUT2D eigenvalue weighted by atomic mass is 10.2. The topological polar surface area (TPSA) is 41.1 Å². The van der Waals surface area contributed by atoms with Crippen LogP contribution >= 0.6 is 0 Å². The summed E-state index contributed by atoms with van der Waals surface area (Å²) in [5, 5.41) is 4.10. The van der Waals surface area contributed by atoms with Gasteiger partial charge in [-0.2, -0.15) is 13.2 Å². The number of nitrogens with one attached hydrogen (secondary N) is 2. The van der Waals surface area contributed by atoms with Gasteiger partial charge in [-0.1, -0.05) is 12.1 Å². The summed E-state index contributed by atoms with van der Waals surface area (Å²) in [6.07, 6.45) is -5.03. The molecule has 2 N–H and O–H groups in total. The van der Waals surface area contributed by atoms with Gasteiger partial charge in [0.2, 0.25) is 0 Å². The fourth-order valence-corrected chi connectivity index (χ4v) is 1.84. The number of amides is 1. The van der Waals surface area contributed by atoms with Crippen molar-refractivity contribution >= 4 is 17.3 Å². The molecule has 0 spiro atoms. The number of alkyl halides is 3. The molecule has 0 heterocycles. The van der Waals surface area contributed by atoms with Crippen molar-refractivity contribution in [3.05, 3.63) is 59.4 Å². The van der Waals surface area contributed by atoms with Gasteiger partial charge in [0.1, 0.15) is 5.82 Å². The third-order valence-corrected chi connectivity index (χ3v) is 2.92. The van der Waals surface area contributed by atoms with Crippen LogP contribution in [0.3, 0.4) is 0 Å². The Kier molecular flexibility index (Phi) is 5.01. The van der Waals surface area contributed by atoms with Crippen LogP contribution in [0.25, 0.3) is 0 Å². The predicted molar refractivity (Wildman–Crippen MR) is 74.8 cm³/mol. The van der Waals surface area contributed by atoms with Crippen LogP contribution in [-0.2, 0) is 11.3 Å². The first-order chi connectivity index (χ1) is 11.2. The molecular weight excluding hydrogens is 338 g/mol. The molecule has 2 aromatic carbocycles. The van der Waals surface area contributed by atoms with E-state index in [-0.39, 0.29) is 12.2 Å². The number of rotatable bonds is 4. The molecule has 0 radical (unpaired) electrons. The van der Waals surface area contributed by atoms with Crippen LogP contribution in [0.2, 0.25) is 0 Å². The molecule has 0 bridgehead atoms. The Balaban J connectivity index is 2.09. The molecule has 24 heavy (non-hydrogen) atoms. The minimum absolute atomic E-state index is 0.123. The van der Waals surface area contributed by atoms with Crippen molar-refractivity contribution in [3.63, 3.8) is 0 Å². The van der Waals surface area contributed by atoms with Crippen LogP contribution in [0.15, 0.2) is 36.4 Å². The number of carbonyl (C=O) groups is 1. The average molecular weight is 348 g/mol. The number of hydrogen-bond acceptors (Lipinski definition) is 2. The van der Waals surface area contributed by atoms with Gasteiger partial charge in [0.15, 0.2) is 11.6 Å². The Bertz CT molecular complexity index is 760. The minimum atomic E-state index is -5.03. The normalized spacial score (nSPS) is 11.2. The van der Waals surface area contributed by atoms with Crippen molar-refractivity contribution in [3.8, 4) is 0 Å². The van der Waals surface area contributed by atoms with Crippen LogP contribution in [0.1, 0.15) is 5.56 Å². The smallest absolute Gasteiger partial charge is 0.378 e. The lowest BCUT2D eigenvalue weighted by molar-refractivity contribution is -0.167. The summed E-state index contributed by atoms with van der Waals surface area (Å²) in [6, 6.07) is 6.41. The zero-order valence-corrected chi connectivity index (χ0v) is 11.8. The largest absolute Gasteiger partial charge is 0.471 e. The fourth-order valence-electron chi connectivity index (χ4n) is 1.84. The number of hydrogen-bond donors (Lipinski definition) is 2. The van der Waals surface area contributed by atoms with Crippen molar-refractivity contribution < 1.29 is 31.1 Å². The van der Waals surface area contributed by atoms with E-state index in [9.17, 15) is 31.1 Å². The van der Waals surface area contributed by atoms with Crippen LogP contribution in [0.5, 0.6) is 0 Å². The van der Waals surface area contributed by atoms with Crippen molar-refractivity contribution in [2.45, 2.75) is 12.7 Å². The Hall–Kier alpha value is -2.71. The van der Waals surface area contributed by atoms with Crippen molar-refractivity contribution in [2.24, 2.45) is 0 Å². The van der Waals surface area contributed by atoms with Crippen LogP contribution in [-0.4, -0.2) is 12.1 Å². The summed E-state index contributed by atoms with van der Waals surface area (Å²) in [6.45, 7) is -0.129. The molecule has 0 saturated heterocycles. The highest BCUT2D eigenvalue weighted by molar-refractivity contribution is 5.94. The van der Waals surface area contributed by atoms with Gasteiger partial charge in [-0.3, -0.25) is 4.79 Å². The average Bonchev–Trinajstić information content (AvgIpc) is 2.49. The second-order valence-electron chi connectivity index (χ2n) is 4.75. The third-order valence-electron chi connectivity index (χ3n) is 2.92. The Morgan fingerprint density at radius 1 is 1.04 bits per heavy atom. The maximum Gasteiger partial charge on any atom is 0.471 e. The van der Waals surface area contributed by atoms with E-state index in [1.54, 1.807) is 5.32 Å². The molecule has 128 valence electrons. The zero-order chi connectivity index (χ0) is 17.9. The summed E-state index contributed by atoms with van der Waals surface area (Å²) >= 11 is 0. The molecule has 2 aromatic rings. The van der Waals surface area contributed by atoms with E-state index in [2.05, 4.69) is 5.32 Å². The van der Waals surface area contributed by atoms with E-state index in [1.807, 2.05) is 0 Å². The number of benzene rings is 2. The minimum Gasteiger partial charge on any atom is -0.378 e. The molecule has 1 amide bonds. The summed E-state index contributed by atoms with van der Waals surface area (Å²) < 4.78 is 76.2. The van der Waals surface area contributed by atoms with Gasteiger partial charge in [-0.25, -0.2) is 13.2 Å². The summed E-state index contributed by atoms with van der Waals surface area (Å²) in [7, 11) is 0. The standard InChI is InChI=1S/C15H10F6N2O/c16-9-5-11(17)13(18)12(6-9)22-7-8-2-1-3-10(4-8)23-14(24)15(19,20)21/h1-6,22H,7H2,(H,23,24). The molecule has 0 aliphatic heterocycles. The van der Waals surface area contributed by atoms with Gasteiger partial charge >= 0.3 is 12.1 Å². The van der Waals surface area contributed by atoms with E-state index in [1.165, 1.54) is 24.3 Å². The molecular formula is C15H10F6N2O. The number of anilines is 2. The van der Waals surface area contributed by atoms with Crippen molar-refractivity contribution in [2.75, 3.05) is 10.6 Å². The second-order valence-corrected chi connectivity index (χ2v) is 4.75. The zero-order valence-electron chi connectivity index (χ0n) is 11.8. The van der Waals surface area contributed by atoms with Crippen LogP contribution in [0.4, 0.5) is 37.7 Å². The first kappa shape index (κ1) is 17.6. The second kappa shape index (κ2) is 6.81. The Morgan fingerprint density at radius 3 is 2.42 bits per heavy atom. The quantitative estimate of drug-likeness (QED) is 0.642. The number of carbonyl (C=O) groups excluding carboxylic acids is 1. The molecule has 0 aliphatic rings. The first-order valence-corrected chi connectivity index (χ1v) is 6.52. The lowest BCUT2D eigenvalue weighted by Crippen LogP contribution is -2.29. The molecule has 0 saturated carbocycles. The van der Waals surface area contributed by atoms with Gasteiger partial charge < -0.3 is 10.6 Å². The maximum absolute atomic E-state index is 13.5. The summed E-state index contributed by atoms with van der Waals surface area (Å²) in [5.74, 6) is -5.77. The van der Waals surface area contributed by atoms with Gasteiger partial charge in [-0.15, -0.1) is 0 Å². The molecule has 0 aliphatic carbocycles. The molecule has 0 aromatic heterocycles. The predicted octanol–water partition coefficient (Wildman–Crippen LogP) is 4.22. The molecule has 9 heteroatoms. The Labute approximate surface area is 132 Å². The molecule has 0 unspecified atom stereocenters. The molecule has 0 fully saturated rings. The highest BCUT2D eigenvalue weighted by atomic mass is 19.4. The van der Waals surface area contributed by atoms with Crippen molar-refractivity contribution in [1.82, 2.24) is 0 Å². The Morgan fingerprint density at radius 2 is 1.75 bits per heavy atom. The SMILES string of the molecule is O=C(Nc1cccc(CNc2cc(F)cc(F)c2F)c1)C(F)(F)F. The fraction of sp³-hybridized carbons (Fsp3) is 0.133. The van der Waals surface area contributed by atoms with Crippen LogP contribution in [0, 0.1) is 17.5 Å². The maximum atomic E-state index is 13.5. The van der Waals surface area contributed by atoms with Gasteiger partial charge in [0, 0.05) is 24.4 Å². The van der Waals surface area contributed by atoms with E-state index in [0.717, 1.165) is 6.07 Å². The number of halogens is 6. The van der Waals surface area contributed by atoms with Crippen molar-refractivity contribution in [1.29, 1.82) is 0 Å². The van der Waals surface area contributed by atoms with Crippen LogP contribution < -0.4 is 10.6 Å². The monoisotopic (exact) mass is 348 g/mol. The van der Waals surface area contributed by atoms with Gasteiger partial charge in [0.25, 0.3) is 0 Å². The highest BCUT2D eigenvalue weighted by Crippen LogP contribution is 2.21. The lowest BCUT2D eigenvalue weighted by Gasteiger charge is -2.11. The van der Waals surface area contributed by atoms with Gasteiger partial charge in [-0.05, 0) is 17.7 Å².